The van der Waals surface area contributed by atoms with Crippen molar-refractivity contribution in [1.82, 2.24) is 10.6 Å². The van der Waals surface area contributed by atoms with Gasteiger partial charge >= 0.3 is 0 Å². The Balaban J connectivity index is 2.24. The smallest absolute Gasteiger partial charge is 0.239 e. The number of carbonyl (C=O) groups excluding carboxylic acids is 2. The van der Waals surface area contributed by atoms with Crippen molar-refractivity contribution in [2.75, 3.05) is 13.1 Å². The Bertz CT molecular complexity index is 456. The summed E-state index contributed by atoms with van der Waals surface area (Å²) in [6.07, 6.45) is 1.25. The normalized spacial score (nSPS) is 10.4. The molecule has 0 unspecified atom stereocenters. The molecular weight excluding hydrogens is 252 g/mol. The highest BCUT2D eigenvalue weighted by molar-refractivity contribution is 5.85. The lowest BCUT2D eigenvalue weighted by molar-refractivity contribution is -0.125. The molecule has 0 heterocycles. The Labute approximate surface area is 121 Å². The number of rotatable bonds is 7. The van der Waals surface area contributed by atoms with Gasteiger partial charge in [0, 0.05) is 6.54 Å². The van der Waals surface area contributed by atoms with E-state index in [1.165, 1.54) is 0 Å². The van der Waals surface area contributed by atoms with E-state index in [9.17, 15) is 9.59 Å². The fourth-order valence-electron chi connectivity index (χ4n) is 1.81. The molecule has 0 saturated carbocycles. The summed E-state index contributed by atoms with van der Waals surface area (Å²) in [5.41, 5.74) is 2.09. The molecule has 1 aromatic carbocycles. The van der Waals surface area contributed by atoms with Crippen molar-refractivity contribution in [3.05, 3.63) is 35.4 Å². The van der Waals surface area contributed by atoms with Crippen LogP contribution in [-0.4, -0.2) is 24.9 Å². The van der Waals surface area contributed by atoms with Gasteiger partial charge in [-0.1, -0.05) is 43.7 Å². The van der Waals surface area contributed by atoms with Crippen LogP contribution in [0.2, 0.25) is 0 Å². The molecule has 0 aromatic heterocycles. The zero-order valence-corrected chi connectivity index (χ0v) is 12.5. The highest BCUT2D eigenvalue weighted by Crippen LogP contribution is 2.04. The summed E-state index contributed by atoms with van der Waals surface area (Å²) in [6, 6.07) is 7.80. The number of hydrogen-bond donors (Lipinski definition) is 2. The molecule has 2 amide bonds. The Morgan fingerprint density at radius 2 is 1.90 bits per heavy atom. The SMILES string of the molecule is Cc1cccc(CC(=O)NCC(=O)NCCC(C)C)c1. The van der Waals surface area contributed by atoms with Crippen LogP contribution in [0, 0.1) is 12.8 Å². The molecule has 20 heavy (non-hydrogen) atoms. The van der Waals surface area contributed by atoms with Gasteiger partial charge in [0.15, 0.2) is 0 Å². The maximum absolute atomic E-state index is 11.7. The summed E-state index contributed by atoms with van der Waals surface area (Å²) in [5.74, 6) is 0.295. The number of amides is 2. The van der Waals surface area contributed by atoms with Crippen molar-refractivity contribution in [3.63, 3.8) is 0 Å². The molecule has 0 radical (unpaired) electrons. The first-order valence-electron chi connectivity index (χ1n) is 7.06. The van der Waals surface area contributed by atoms with Gasteiger partial charge < -0.3 is 10.6 Å². The number of aryl methyl sites for hydroxylation is 1. The first-order valence-corrected chi connectivity index (χ1v) is 7.06. The van der Waals surface area contributed by atoms with Crippen molar-refractivity contribution < 1.29 is 9.59 Å². The molecular formula is C16H24N2O2. The van der Waals surface area contributed by atoms with Crippen LogP contribution in [0.4, 0.5) is 0 Å². The van der Waals surface area contributed by atoms with Crippen molar-refractivity contribution in [2.45, 2.75) is 33.6 Å². The lowest BCUT2D eigenvalue weighted by Crippen LogP contribution is -2.38. The lowest BCUT2D eigenvalue weighted by Gasteiger charge is -2.08. The van der Waals surface area contributed by atoms with Crippen LogP contribution in [0.1, 0.15) is 31.4 Å². The van der Waals surface area contributed by atoms with E-state index in [0.717, 1.165) is 17.5 Å². The van der Waals surface area contributed by atoms with Crippen LogP contribution in [0.15, 0.2) is 24.3 Å². The van der Waals surface area contributed by atoms with Gasteiger partial charge in [0.25, 0.3) is 0 Å². The fraction of sp³-hybridized carbons (Fsp3) is 0.500. The molecule has 0 saturated heterocycles. The second kappa shape index (κ2) is 8.35. The van der Waals surface area contributed by atoms with E-state index in [1.54, 1.807) is 0 Å². The molecule has 2 N–H and O–H groups in total. The summed E-state index contributed by atoms with van der Waals surface area (Å²) >= 11 is 0. The van der Waals surface area contributed by atoms with E-state index in [2.05, 4.69) is 24.5 Å². The minimum Gasteiger partial charge on any atom is -0.355 e. The first-order chi connectivity index (χ1) is 9.47. The van der Waals surface area contributed by atoms with Gasteiger partial charge in [-0.05, 0) is 24.8 Å². The van der Waals surface area contributed by atoms with Gasteiger partial charge in [-0.3, -0.25) is 9.59 Å². The Morgan fingerprint density at radius 3 is 2.55 bits per heavy atom. The molecule has 0 aliphatic rings. The highest BCUT2D eigenvalue weighted by Gasteiger charge is 2.06. The van der Waals surface area contributed by atoms with Crippen molar-refractivity contribution in [1.29, 1.82) is 0 Å². The summed E-state index contributed by atoms with van der Waals surface area (Å²) in [6.45, 7) is 6.90. The maximum atomic E-state index is 11.7. The van der Waals surface area contributed by atoms with E-state index in [4.69, 9.17) is 0 Å². The van der Waals surface area contributed by atoms with Gasteiger partial charge in [-0.2, -0.15) is 0 Å². The molecule has 110 valence electrons. The average molecular weight is 276 g/mol. The predicted octanol–water partition coefficient (Wildman–Crippen LogP) is 1.82. The summed E-state index contributed by atoms with van der Waals surface area (Å²) < 4.78 is 0. The van der Waals surface area contributed by atoms with E-state index in [0.29, 0.717) is 18.9 Å². The maximum Gasteiger partial charge on any atom is 0.239 e. The third-order valence-electron chi connectivity index (χ3n) is 2.94. The molecule has 0 spiro atoms. The van der Waals surface area contributed by atoms with Gasteiger partial charge in [0.2, 0.25) is 11.8 Å². The van der Waals surface area contributed by atoms with Crippen molar-refractivity contribution in [3.8, 4) is 0 Å². The van der Waals surface area contributed by atoms with Crippen LogP contribution in [0.5, 0.6) is 0 Å². The third-order valence-corrected chi connectivity index (χ3v) is 2.94. The second-order valence-electron chi connectivity index (χ2n) is 5.48. The monoisotopic (exact) mass is 276 g/mol. The minimum atomic E-state index is -0.136. The highest BCUT2D eigenvalue weighted by atomic mass is 16.2. The molecule has 0 atom stereocenters. The molecule has 1 rings (SSSR count). The van der Waals surface area contributed by atoms with Gasteiger partial charge in [-0.15, -0.1) is 0 Å². The second-order valence-corrected chi connectivity index (χ2v) is 5.48. The van der Waals surface area contributed by atoms with E-state index < -0.39 is 0 Å². The Kier molecular flexibility index (Phi) is 6.77. The van der Waals surface area contributed by atoms with Gasteiger partial charge in [-0.25, -0.2) is 0 Å². The van der Waals surface area contributed by atoms with Crippen LogP contribution < -0.4 is 10.6 Å². The van der Waals surface area contributed by atoms with Crippen molar-refractivity contribution in [2.24, 2.45) is 5.92 Å². The van der Waals surface area contributed by atoms with E-state index in [1.807, 2.05) is 31.2 Å². The minimum absolute atomic E-state index is 0.0444. The van der Waals surface area contributed by atoms with Crippen LogP contribution in [-0.2, 0) is 16.0 Å². The number of benzene rings is 1. The number of nitrogens with one attached hydrogen (secondary N) is 2. The molecule has 4 nitrogen and oxygen atoms in total. The van der Waals surface area contributed by atoms with Gasteiger partial charge in [0.05, 0.1) is 13.0 Å². The predicted molar refractivity (Wildman–Crippen MR) is 80.4 cm³/mol. The molecule has 1 aromatic rings. The summed E-state index contributed by atoms with van der Waals surface area (Å²) in [7, 11) is 0. The van der Waals surface area contributed by atoms with Crippen LogP contribution >= 0.6 is 0 Å². The van der Waals surface area contributed by atoms with Gasteiger partial charge in [0.1, 0.15) is 0 Å². The molecule has 0 aliphatic heterocycles. The fourth-order valence-corrected chi connectivity index (χ4v) is 1.81. The lowest BCUT2D eigenvalue weighted by atomic mass is 10.1. The first kappa shape index (κ1) is 16.2. The molecule has 0 fully saturated rings. The van der Waals surface area contributed by atoms with Crippen LogP contribution in [0.25, 0.3) is 0 Å². The number of carbonyl (C=O) groups is 2. The standard InChI is InChI=1S/C16H24N2O2/c1-12(2)7-8-17-16(20)11-18-15(19)10-14-6-4-5-13(3)9-14/h4-6,9,12H,7-8,10-11H2,1-3H3,(H,17,20)(H,18,19). The Morgan fingerprint density at radius 1 is 1.15 bits per heavy atom. The zero-order chi connectivity index (χ0) is 15.0. The quantitative estimate of drug-likeness (QED) is 0.798. The summed E-state index contributed by atoms with van der Waals surface area (Å²) in [5, 5.41) is 5.43. The summed E-state index contributed by atoms with van der Waals surface area (Å²) in [4.78, 5) is 23.2. The molecule has 0 bridgehead atoms. The largest absolute Gasteiger partial charge is 0.355 e. The number of hydrogen-bond acceptors (Lipinski definition) is 2. The average Bonchev–Trinajstić information content (AvgIpc) is 2.36. The molecule has 0 aliphatic carbocycles. The zero-order valence-electron chi connectivity index (χ0n) is 12.5. The topological polar surface area (TPSA) is 58.2 Å². The van der Waals surface area contributed by atoms with E-state index in [-0.39, 0.29) is 18.4 Å². The van der Waals surface area contributed by atoms with E-state index >= 15 is 0 Å². The van der Waals surface area contributed by atoms with Crippen LogP contribution in [0.3, 0.4) is 0 Å². The molecule has 4 heteroatoms. The third kappa shape index (κ3) is 6.92. The Hall–Kier alpha value is -1.84. The van der Waals surface area contributed by atoms with Crippen molar-refractivity contribution >= 4 is 11.8 Å².